The lowest BCUT2D eigenvalue weighted by Crippen LogP contribution is -2.19. The van der Waals surface area contributed by atoms with Gasteiger partial charge in [-0.25, -0.2) is 0 Å². The molecular formula is C10H11BrF3NO2. The zero-order valence-corrected chi connectivity index (χ0v) is 10.6. The first-order valence-corrected chi connectivity index (χ1v) is 5.49. The molecule has 0 aliphatic carbocycles. The molecule has 17 heavy (non-hydrogen) atoms. The predicted octanol–water partition coefficient (Wildman–Crippen LogP) is 3.41. The summed E-state index contributed by atoms with van der Waals surface area (Å²) in [6.07, 6.45) is -4.59. The van der Waals surface area contributed by atoms with Gasteiger partial charge in [0.2, 0.25) is 0 Å². The Hall–Kier alpha value is -0.950. The maximum absolute atomic E-state index is 11.7. The minimum absolute atomic E-state index is 0.0547. The number of benzene rings is 1. The quantitative estimate of drug-likeness (QED) is 0.845. The molecule has 1 aromatic rings. The zero-order valence-electron chi connectivity index (χ0n) is 8.97. The van der Waals surface area contributed by atoms with Crippen molar-refractivity contribution < 1.29 is 22.6 Å². The van der Waals surface area contributed by atoms with Gasteiger partial charge >= 0.3 is 6.36 Å². The molecule has 0 aromatic heterocycles. The molecule has 0 spiro atoms. The summed E-state index contributed by atoms with van der Waals surface area (Å²) >= 11 is 3.26. The van der Waals surface area contributed by atoms with Gasteiger partial charge < -0.3 is 10.1 Å². The summed E-state index contributed by atoms with van der Waals surface area (Å²) in [7, 11) is 1.51. The standard InChI is InChI=1S/C10H11BrF3NO2/c1-16-9-5-7(11)4-8(6-9)15-2-3-17-10(12,13)14/h4-6,15H,2-3H2,1H3. The monoisotopic (exact) mass is 313 g/mol. The van der Waals surface area contributed by atoms with Crippen molar-refractivity contribution in [2.24, 2.45) is 0 Å². The first kappa shape index (κ1) is 14.1. The first-order valence-electron chi connectivity index (χ1n) is 4.70. The first-order chi connectivity index (χ1) is 7.90. The van der Waals surface area contributed by atoms with Crippen molar-refractivity contribution in [3.05, 3.63) is 22.7 Å². The van der Waals surface area contributed by atoms with Crippen molar-refractivity contribution in [2.45, 2.75) is 6.36 Å². The van der Waals surface area contributed by atoms with Crippen LogP contribution in [0, 0.1) is 0 Å². The predicted molar refractivity (Wildman–Crippen MR) is 61.2 cm³/mol. The van der Waals surface area contributed by atoms with Crippen LogP contribution < -0.4 is 10.1 Å². The van der Waals surface area contributed by atoms with Crippen LogP contribution >= 0.6 is 15.9 Å². The topological polar surface area (TPSA) is 30.5 Å². The van der Waals surface area contributed by atoms with E-state index in [0.29, 0.717) is 11.4 Å². The number of nitrogens with one attached hydrogen (secondary N) is 1. The number of alkyl halides is 3. The maximum Gasteiger partial charge on any atom is 0.522 e. The van der Waals surface area contributed by atoms with Crippen molar-refractivity contribution in [3.8, 4) is 5.75 Å². The SMILES string of the molecule is COc1cc(Br)cc(NCCOC(F)(F)F)c1. The molecule has 0 saturated carbocycles. The smallest absolute Gasteiger partial charge is 0.497 e. The van der Waals surface area contributed by atoms with Crippen LogP contribution in [0.1, 0.15) is 0 Å². The van der Waals surface area contributed by atoms with Crippen molar-refractivity contribution >= 4 is 21.6 Å². The molecule has 1 N–H and O–H groups in total. The number of methoxy groups -OCH3 is 1. The van der Waals surface area contributed by atoms with Crippen molar-refractivity contribution in [1.82, 2.24) is 0 Å². The molecule has 0 unspecified atom stereocenters. The van der Waals surface area contributed by atoms with Gasteiger partial charge in [0.1, 0.15) is 5.75 Å². The Morgan fingerprint density at radius 2 is 2.00 bits per heavy atom. The van der Waals surface area contributed by atoms with Crippen molar-refractivity contribution in [1.29, 1.82) is 0 Å². The van der Waals surface area contributed by atoms with E-state index in [2.05, 4.69) is 26.0 Å². The Morgan fingerprint density at radius 1 is 1.29 bits per heavy atom. The third-order valence-electron chi connectivity index (χ3n) is 1.80. The molecular weight excluding hydrogens is 303 g/mol. The summed E-state index contributed by atoms with van der Waals surface area (Å²) in [6, 6.07) is 5.16. The number of hydrogen-bond donors (Lipinski definition) is 1. The fraction of sp³-hybridized carbons (Fsp3) is 0.400. The molecule has 0 fully saturated rings. The Balaban J connectivity index is 2.44. The lowest BCUT2D eigenvalue weighted by atomic mass is 10.3. The third-order valence-corrected chi connectivity index (χ3v) is 2.26. The second-order valence-corrected chi connectivity index (χ2v) is 4.02. The number of hydrogen-bond acceptors (Lipinski definition) is 3. The van der Waals surface area contributed by atoms with E-state index in [0.717, 1.165) is 4.47 Å². The fourth-order valence-electron chi connectivity index (χ4n) is 1.14. The third kappa shape index (κ3) is 5.78. The summed E-state index contributed by atoms with van der Waals surface area (Å²) in [6.45, 7) is -0.391. The van der Waals surface area contributed by atoms with Crippen LogP contribution in [0.2, 0.25) is 0 Å². The van der Waals surface area contributed by atoms with Crippen LogP contribution in [0.5, 0.6) is 5.75 Å². The van der Waals surface area contributed by atoms with E-state index < -0.39 is 13.0 Å². The van der Waals surface area contributed by atoms with Gasteiger partial charge in [-0.1, -0.05) is 15.9 Å². The van der Waals surface area contributed by atoms with Gasteiger partial charge in [-0.2, -0.15) is 0 Å². The second kappa shape index (κ2) is 6.11. The Labute approximate surface area is 105 Å². The Morgan fingerprint density at radius 3 is 2.59 bits per heavy atom. The van der Waals surface area contributed by atoms with E-state index in [1.807, 2.05) is 0 Å². The molecule has 0 amide bonds. The van der Waals surface area contributed by atoms with Crippen LogP contribution in [-0.4, -0.2) is 26.6 Å². The van der Waals surface area contributed by atoms with Crippen LogP contribution in [0.25, 0.3) is 0 Å². The normalized spacial score (nSPS) is 11.4. The molecule has 7 heteroatoms. The van der Waals surface area contributed by atoms with Gasteiger partial charge in [0.25, 0.3) is 0 Å². The molecule has 96 valence electrons. The summed E-state index contributed by atoms with van der Waals surface area (Å²) < 4.78 is 44.5. The number of anilines is 1. The highest BCUT2D eigenvalue weighted by Gasteiger charge is 2.28. The average molecular weight is 314 g/mol. The minimum Gasteiger partial charge on any atom is -0.497 e. The van der Waals surface area contributed by atoms with Crippen LogP contribution in [0.3, 0.4) is 0 Å². The van der Waals surface area contributed by atoms with E-state index in [9.17, 15) is 13.2 Å². The molecule has 1 aromatic carbocycles. The van der Waals surface area contributed by atoms with Crippen molar-refractivity contribution in [2.75, 3.05) is 25.6 Å². The van der Waals surface area contributed by atoms with Crippen molar-refractivity contribution in [3.63, 3.8) is 0 Å². The molecule has 0 radical (unpaired) electrons. The largest absolute Gasteiger partial charge is 0.522 e. The summed E-state index contributed by atoms with van der Waals surface area (Å²) in [4.78, 5) is 0. The number of rotatable bonds is 5. The molecule has 0 heterocycles. The molecule has 0 aliphatic rings. The highest BCUT2D eigenvalue weighted by molar-refractivity contribution is 9.10. The molecule has 3 nitrogen and oxygen atoms in total. The van der Waals surface area contributed by atoms with E-state index in [1.54, 1.807) is 18.2 Å². The van der Waals surface area contributed by atoms with Crippen LogP contribution in [-0.2, 0) is 4.74 Å². The van der Waals surface area contributed by atoms with Gasteiger partial charge in [0, 0.05) is 22.8 Å². The summed E-state index contributed by atoms with van der Waals surface area (Å²) in [5.74, 6) is 0.610. The van der Waals surface area contributed by atoms with E-state index >= 15 is 0 Å². The fourth-order valence-corrected chi connectivity index (χ4v) is 1.62. The molecule has 0 saturated heterocycles. The van der Waals surface area contributed by atoms with Crippen LogP contribution in [0.15, 0.2) is 22.7 Å². The van der Waals surface area contributed by atoms with E-state index in [-0.39, 0.29) is 6.54 Å². The van der Waals surface area contributed by atoms with Gasteiger partial charge in [-0.3, -0.25) is 4.74 Å². The molecule has 1 rings (SSSR count). The molecule has 0 aliphatic heterocycles. The highest BCUT2D eigenvalue weighted by atomic mass is 79.9. The Kier molecular flexibility index (Phi) is 5.07. The highest BCUT2D eigenvalue weighted by Crippen LogP contribution is 2.24. The zero-order chi connectivity index (χ0) is 12.9. The lowest BCUT2D eigenvalue weighted by Gasteiger charge is -2.10. The second-order valence-electron chi connectivity index (χ2n) is 3.10. The van der Waals surface area contributed by atoms with E-state index in [1.165, 1.54) is 7.11 Å². The molecule has 0 atom stereocenters. The lowest BCUT2D eigenvalue weighted by molar-refractivity contribution is -0.322. The Bertz CT molecular complexity index is 371. The van der Waals surface area contributed by atoms with Crippen LogP contribution in [0.4, 0.5) is 18.9 Å². The molecule has 0 bridgehead atoms. The van der Waals surface area contributed by atoms with Gasteiger partial charge in [-0.05, 0) is 12.1 Å². The van der Waals surface area contributed by atoms with Gasteiger partial charge in [0.05, 0.1) is 13.7 Å². The average Bonchev–Trinajstić information content (AvgIpc) is 2.22. The summed E-state index contributed by atoms with van der Waals surface area (Å²) in [5, 5.41) is 2.80. The van der Waals surface area contributed by atoms with Gasteiger partial charge in [-0.15, -0.1) is 13.2 Å². The maximum atomic E-state index is 11.7. The minimum atomic E-state index is -4.59. The summed E-state index contributed by atoms with van der Waals surface area (Å²) in [5.41, 5.74) is 0.655. The number of halogens is 4. The number of ether oxygens (including phenoxy) is 2. The van der Waals surface area contributed by atoms with E-state index in [4.69, 9.17) is 4.74 Å². The van der Waals surface area contributed by atoms with Gasteiger partial charge in [0.15, 0.2) is 0 Å².